The van der Waals surface area contributed by atoms with Gasteiger partial charge < -0.3 is 5.32 Å². The Morgan fingerprint density at radius 1 is 1.29 bits per heavy atom. The molecule has 0 radical (unpaired) electrons. The van der Waals surface area contributed by atoms with E-state index in [1.54, 1.807) is 0 Å². The number of hydrogen-bond acceptors (Lipinski definition) is 2. The first kappa shape index (κ1) is 11.2. The van der Waals surface area contributed by atoms with Crippen LogP contribution >= 0.6 is 0 Å². The molecule has 2 fully saturated rings. The van der Waals surface area contributed by atoms with Gasteiger partial charge in [0, 0.05) is 18.4 Å². The first-order valence-corrected chi connectivity index (χ1v) is 7.02. The highest BCUT2D eigenvalue weighted by Gasteiger charge is 2.55. The summed E-state index contributed by atoms with van der Waals surface area (Å²) < 4.78 is 0. The number of likely N-dealkylation sites (N-methyl/N-ethyl adjacent to an activating group) is 1. The minimum atomic E-state index is 0.692. The predicted octanol–water partition coefficient (Wildman–Crippen LogP) is 2.65. The van der Waals surface area contributed by atoms with Crippen molar-refractivity contribution >= 4 is 0 Å². The fraction of sp³-hybridized carbons (Fsp3) is 0.667. The molecule has 3 rings (SSSR count). The van der Waals surface area contributed by atoms with Crippen molar-refractivity contribution in [3.63, 3.8) is 0 Å². The number of nitrogens with one attached hydrogen (secondary N) is 1. The van der Waals surface area contributed by atoms with Crippen molar-refractivity contribution in [2.75, 3.05) is 6.54 Å². The van der Waals surface area contributed by atoms with Gasteiger partial charge in [-0.2, -0.15) is 0 Å². The van der Waals surface area contributed by atoms with E-state index in [0.717, 1.165) is 24.3 Å². The average Bonchev–Trinajstić information content (AvgIpc) is 2.83. The van der Waals surface area contributed by atoms with Gasteiger partial charge in [0.05, 0.1) is 0 Å². The molecule has 2 aliphatic rings. The molecule has 1 heterocycles. The first-order valence-electron chi connectivity index (χ1n) is 7.02. The van der Waals surface area contributed by atoms with Crippen LogP contribution in [0.4, 0.5) is 0 Å². The van der Waals surface area contributed by atoms with Gasteiger partial charge in [0.15, 0.2) is 0 Å². The molecule has 2 saturated carbocycles. The lowest BCUT2D eigenvalue weighted by Crippen LogP contribution is -2.34. The van der Waals surface area contributed by atoms with Gasteiger partial charge in [0.1, 0.15) is 0 Å². The van der Waals surface area contributed by atoms with Gasteiger partial charge in [-0.15, -0.1) is 0 Å². The van der Waals surface area contributed by atoms with Gasteiger partial charge in [-0.25, -0.2) is 0 Å². The number of hydrogen-bond donors (Lipinski definition) is 1. The van der Waals surface area contributed by atoms with E-state index in [2.05, 4.69) is 29.4 Å². The van der Waals surface area contributed by atoms with Crippen LogP contribution in [0.5, 0.6) is 0 Å². The summed E-state index contributed by atoms with van der Waals surface area (Å²) in [5.74, 6) is 3.04. The van der Waals surface area contributed by atoms with E-state index in [0.29, 0.717) is 6.04 Å². The molecule has 2 nitrogen and oxygen atoms in total. The zero-order valence-corrected chi connectivity index (χ0v) is 10.6. The Morgan fingerprint density at radius 2 is 2.00 bits per heavy atom. The molecule has 0 aromatic carbocycles. The molecule has 1 N–H and O–H groups in total. The molecular formula is C15H22N2. The molecule has 1 aromatic rings. The third-order valence-corrected chi connectivity index (χ3v) is 4.61. The van der Waals surface area contributed by atoms with Crippen LogP contribution in [0.3, 0.4) is 0 Å². The Kier molecular flexibility index (Phi) is 3.15. The Balaban J connectivity index is 1.65. The molecule has 3 unspecified atom stereocenters. The first-order chi connectivity index (χ1) is 8.40. The van der Waals surface area contributed by atoms with Crippen LogP contribution in [0.2, 0.25) is 0 Å². The van der Waals surface area contributed by atoms with E-state index in [-0.39, 0.29) is 0 Å². The molecule has 0 amide bonds. The smallest absolute Gasteiger partial charge is 0.0270 e. The largest absolute Gasteiger partial charge is 0.314 e. The van der Waals surface area contributed by atoms with Gasteiger partial charge >= 0.3 is 0 Å². The average molecular weight is 230 g/mol. The third-order valence-electron chi connectivity index (χ3n) is 4.61. The van der Waals surface area contributed by atoms with Crippen molar-refractivity contribution in [1.82, 2.24) is 10.3 Å². The topological polar surface area (TPSA) is 24.9 Å². The molecule has 0 bridgehead atoms. The van der Waals surface area contributed by atoms with E-state index in [9.17, 15) is 0 Å². The second kappa shape index (κ2) is 4.77. The maximum atomic E-state index is 4.10. The van der Waals surface area contributed by atoms with Gasteiger partial charge in [-0.1, -0.05) is 13.3 Å². The van der Waals surface area contributed by atoms with Crippen LogP contribution in [-0.2, 0) is 6.42 Å². The monoisotopic (exact) mass is 230 g/mol. The zero-order valence-electron chi connectivity index (χ0n) is 10.6. The van der Waals surface area contributed by atoms with Gasteiger partial charge in [-0.3, -0.25) is 4.98 Å². The summed E-state index contributed by atoms with van der Waals surface area (Å²) in [7, 11) is 0. The Morgan fingerprint density at radius 3 is 2.65 bits per heavy atom. The summed E-state index contributed by atoms with van der Waals surface area (Å²) in [6.45, 7) is 3.31. The Labute approximate surface area is 104 Å². The van der Waals surface area contributed by atoms with E-state index in [1.165, 1.54) is 31.2 Å². The highest BCUT2D eigenvalue weighted by Crippen LogP contribution is 2.59. The summed E-state index contributed by atoms with van der Waals surface area (Å²) in [5.41, 5.74) is 1.43. The standard InChI is InChI=1S/C15H22N2/c1-2-17-14(10-11-6-8-16-9-7-11)15-12-4-3-5-13(12)15/h6-9,12-15,17H,2-5,10H2,1H3. The van der Waals surface area contributed by atoms with Crippen LogP contribution in [0.1, 0.15) is 31.7 Å². The van der Waals surface area contributed by atoms with Crippen LogP contribution in [0.25, 0.3) is 0 Å². The fourth-order valence-electron chi connectivity index (χ4n) is 3.85. The number of pyridine rings is 1. The summed E-state index contributed by atoms with van der Waals surface area (Å²) in [6, 6.07) is 5.00. The van der Waals surface area contributed by atoms with Gasteiger partial charge in [0.25, 0.3) is 0 Å². The normalized spacial score (nSPS) is 32.2. The number of rotatable bonds is 5. The maximum absolute atomic E-state index is 4.10. The summed E-state index contributed by atoms with van der Waals surface area (Å²) in [6.07, 6.45) is 9.42. The second-order valence-electron chi connectivity index (χ2n) is 5.56. The van der Waals surface area contributed by atoms with Crippen LogP contribution < -0.4 is 5.32 Å². The van der Waals surface area contributed by atoms with Crippen molar-refractivity contribution in [2.45, 2.75) is 38.6 Å². The molecule has 1 aromatic heterocycles. The summed E-state index contributed by atoms with van der Waals surface area (Å²) in [5, 5.41) is 3.70. The van der Waals surface area contributed by atoms with Crippen molar-refractivity contribution in [3.8, 4) is 0 Å². The number of fused-ring (bicyclic) bond motifs is 1. The quantitative estimate of drug-likeness (QED) is 0.841. The maximum Gasteiger partial charge on any atom is 0.0270 e. The van der Waals surface area contributed by atoms with E-state index in [1.807, 2.05) is 12.4 Å². The van der Waals surface area contributed by atoms with Crippen LogP contribution in [0, 0.1) is 17.8 Å². The molecule has 2 heteroatoms. The van der Waals surface area contributed by atoms with Gasteiger partial charge in [-0.05, 0) is 61.3 Å². The third kappa shape index (κ3) is 2.23. The molecular weight excluding hydrogens is 208 g/mol. The van der Waals surface area contributed by atoms with Crippen molar-refractivity contribution in [3.05, 3.63) is 30.1 Å². The Hall–Kier alpha value is -0.890. The number of nitrogens with zero attached hydrogens (tertiary/aromatic N) is 1. The summed E-state index contributed by atoms with van der Waals surface area (Å²) in [4.78, 5) is 4.10. The highest BCUT2D eigenvalue weighted by atomic mass is 14.9. The minimum absolute atomic E-state index is 0.692. The number of aromatic nitrogens is 1. The SMILES string of the molecule is CCNC(Cc1ccncc1)C1C2CCCC21. The second-order valence-corrected chi connectivity index (χ2v) is 5.56. The van der Waals surface area contributed by atoms with Crippen molar-refractivity contribution < 1.29 is 0 Å². The van der Waals surface area contributed by atoms with Crippen molar-refractivity contribution in [2.24, 2.45) is 17.8 Å². The lowest BCUT2D eigenvalue weighted by atomic mass is 9.97. The van der Waals surface area contributed by atoms with E-state index < -0.39 is 0 Å². The van der Waals surface area contributed by atoms with E-state index >= 15 is 0 Å². The van der Waals surface area contributed by atoms with Crippen molar-refractivity contribution in [1.29, 1.82) is 0 Å². The summed E-state index contributed by atoms with van der Waals surface area (Å²) >= 11 is 0. The molecule has 2 aliphatic carbocycles. The molecule has 3 atom stereocenters. The molecule has 0 spiro atoms. The fourth-order valence-corrected chi connectivity index (χ4v) is 3.85. The highest BCUT2D eigenvalue weighted by molar-refractivity contribution is 5.15. The lowest BCUT2D eigenvalue weighted by molar-refractivity contribution is 0.411. The predicted molar refractivity (Wildman–Crippen MR) is 69.7 cm³/mol. The lowest BCUT2D eigenvalue weighted by Gasteiger charge is -2.20. The van der Waals surface area contributed by atoms with Gasteiger partial charge in [0.2, 0.25) is 0 Å². The van der Waals surface area contributed by atoms with Crippen LogP contribution in [0.15, 0.2) is 24.5 Å². The van der Waals surface area contributed by atoms with Crippen LogP contribution in [-0.4, -0.2) is 17.6 Å². The Bertz CT molecular complexity index is 352. The molecule has 92 valence electrons. The molecule has 0 saturated heterocycles. The molecule has 17 heavy (non-hydrogen) atoms. The van der Waals surface area contributed by atoms with E-state index in [4.69, 9.17) is 0 Å². The minimum Gasteiger partial charge on any atom is -0.314 e. The zero-order chi connectivity index (χ0) is 11.7. The molecule has 0 aliphatic heterocycles.